The summed E-state index contributed by atoms with van der Waals surface area (Å²) in [6.45, 7) is 3.93. The van der Waals surface area contributed by atoms with Gasteiger partial charge in [0.1, 0.15) is 0 Å². The number of Topliss-reactive ketones (excluding diaryl/α,β-unsaturated/α-hetero) is 1. The van der Waals surface area contributed by atoms with Crippen molar-refractivity contribution in [2.24, 2.45) is 0 Å². The lowest BCUT2D eigenvalue weighted by atomic mass is 10.2. The van der Waals surface area contributed by atoms with Crippen molar-refractivity contribution in [1.82, 2.24) is 9.21 Å². The number of rotatable bonds is 8. The van der Waals surface area contributed by atoms with Crippen LogP contribution in [0.1, 0.15) is 29.8 Å². The van der Waals surface area contributed by atoms with Gasteiger partial charge in [-0.05, 0) is 31.5 Å². The molecule has 0 radical (unpaired) electrons. The van der Waals surface area contributed by atoms with E-state index in [1.165, 1.54) is 38.2 Å². The Hall–Kier alpha value is -2.51. The molecule has 0 aliphatic carbocycles. The Kier molecular flexibility index (Phi) is 6.87. The van der Waals surface area contributed by atoms with Gasteiger partial charge in [-0.25, -0.2) is 8.42 Å². The summed E-state index contributed by atoms with van der Waals surface area (Å²) in [4.78, 5) is 25.6. The van der Waals surface area contributed by atoms with Crippen LogP contribution in [0.2, 0.25) is 0 Å². The lowest BCUT2D eigenvalue weighted by Crippen LogP contribution is -2.40. The number of carbonyl (C=O) groups is 2. The molecule has 0 aliphatic rings. The van der Waals surface area contributed by atoms with Gasteiger partial charge >= 0.3 is 0 Å². The minimum atomic E-state index is -3.82. The number of amides is 1. The van der Waals surface area contributed by atoms with Crippen LogP contribution in [0.4, 0.5) is 0 Å². The molecule has 2 aromatic rings. The number of hydrogen-bond acceptors (Lipinski definition) is 4. The molecular weight excluding hydrogens is 364 g/mol. The Morgan fingerprint density at radius 3 is 2.07 bits per heavy atom. The van der Waals surface area contributed by atoms with Gasteiger partial charge < -0.3 is 4.90 Å². The summed E-state index contributed by atoms with van der Waals surface area (Å²) in [7, 11) is -2.44. The number of hydrogen-bond donors (Lipinski definition) is 0. The zero-order valence-corrected chi connectivity index (χ0v) is 16.6. The summed E-state index contributed by atoms with van der Waals surface area (Å²) in [5.74, 6) is -0.408. The first-order chi connectivity index (χ1) is 12.8. The van der Waals surface area contributed by atoms with Gasteiger partial charge in [0, 0.05) is 25.7 Å². The second-order valence-electron chi connectivity index (χ2n) is 6.24. The van der Waals surface area contributed by atoms with E-state index in [0.717, 1.165) is 9.87 Å². The van der Waals surface area contributed by atoms with Crippen molar-refractivity contribution in [3.63, 3.8) is 0 Å². The molecule has 1 amide bonds. The number of ketones is 1. The summed E-state index contributed by atoms with van der Waals surface area (Å²) in [6.07, 6.45) is 0. The van der Waals surface area contributed by atoms with Crippen LogP contribution in [0.15, 0.2) is 59.5 Å². The van der Waals surface area contributed by atoms with Crippen molar-refractivity contribution in [3.05, 3.63) is 65.7 Å². The van der Waals surface area contributed by atoms with Gasteiger partial charge in [-0.15, -0.1) is 0 Å². The standard InChI is InChI=1S/C20H24N2O4S/c1-4-22(14-17-8-6-5-7-9-17)20(24)15-21(3)27(25,26)19-12-10-18(11-13-19)16(2)23/h5-13H,4,14-15H2,1-3H3. The molecule has 0 unspecified atom stereocenters. The second-order valence-corrected chi connectivity index (χ2v) is 8.28. The molecule has 0 bridgehead atoms. The number of carbonyl (C=O) groups excluding carboxylic acids is 2. The normalized spacial score (nSPS) is 11.4. The Morgan fingerprint density at radius 1 is 0.963 bits per heavy atom. The largest absolute Gasteiger partial charge is 0.338 e. The third kappa shape index (κ3) is 5.24. The fraction of sp³-hybridized carbons (Fsp3) is 0.300. The number of benzene rings is 2. The fourth-order valence-corrected chi connectivity index (χ4v) is 3.72. The molecule has 144 valence electrons. The first kappa shape index (κ1) is 20.8. The Labute approximate surface area is 160 Å². The van der Waals surface area contributed by atoms with Crippen molar-refractivity contribution in [3.8, 4) is 0 Å². The van der Waals surface area contributed by atoms with Crippen LogP contribution in [0.25, 0.3) is 0 Å². The highest BCUT2D eigenvalue weighted by Gasteiger charge is 2.25. The average molecular weight is 388 g/mol. The SMILES string of the molecule is CCN(Cc1ccccc1)C(=O)CN(C)S(=O)(=O)c1ccc(C(C)=O)cc1. The predicted molar refractivity (Wildman–Crippen MR) is 104 cm³/mol. The van der Waals surface area contributed by atoms with E-state index in [1.807, 2.05) is 37.3 Å². The highest BCUT2D eigenvalue weighted by Crippen LogP contribution is 2.16. The van der Waals surface area contributed by atoms with Crippen LogP contribution in [0, 0.1) is 0 Å². The Morgan fingerprint density at radius 2 is 1.56 bits per heavy atom. The van der Waals surface area contributed by atoms with Crippen molar-refractivity contribution < 1.29 is 18.0 Å². The molecular formula is C20H24N2O4S. The van der Waals surface area contributed by atoms with Gasteiger partial charge in [0.15, 0.2) is 5.78 Å². The predicted octanol–water partition coefficient (Wildman–Crippen LogP) is 2.56. The highest BCUT2D eigenvalue weighted by molar-refractivity contribution is 7.89. The van der Waals surface area contributed by atoms with Crippen LogP contribution >= 0.6 is 0 Å². The van der Waals surface area contributed by atoms with Gasteiger partial charge in [0.2, 0.25) is 15.9 Å². The van der Waals surface area contributed by atoms with Gasteiger partial charge in [-0.2, -0.15) is 4.31 Å². The zero-order valence-electron chi connectivity index (χ0n) is 15.8. The minimum absolute atomic E-state index is 0.0499. The molecule has 7 heteroatoms. The average Bonchev–Trinajstić information content (AvgIpc) is 2.66. The molecule has 0 N–H and O–H groups in total. The quantitative estimate of drug-likeness (QED) is 0.652. The molecule has 0 heterocycles. The van der Waals surface area contributed by atoms with Crippen LogP contribution in [0.3, 0.4) is 0 Å². The Balaban J connectivity index is 2.10. The van der Waals surface area contributed by atoms with Gasteiger partial charge in [0.25, 0.3) is 0 Å². The third-order valence-corrected chi connectivity index (χ3v) is 6.10. The van der Waals surface area contributed by atoms with E-state index in [4.69, 9.17) is 0 Å². The lowest BCUT2D eigenvalue weighted by Gasteiger charge is -2.24. The molecule has 0 spiro atoms. The monoisotopic (exact) mass is 388 g/mol. The second kappa shape index (κ2) is 8.92. The number of sulfonamides is 1. The van der Waals surface area contributed by atoms with Crippen LogP contribution in [-0.4, -0.2) is 49.5 Å². The summed E-state index contributed by atoms with van der Waals surface area (Å²) in [5, 5.41) is 0. The molecule has 0 aliphatic heterocycles. The van der Waals surface area contributed by atoms with Crippen molar-refractivity contribution >= 4 is 21.7 Å². The van der Waals surface area contributed by atoms with Crippen molar-refractivity contribution in [2.45, 2.75) is 25.3 Å². The highest BCUT2D eigenvalue weighted by atomic mass is 32.2. The zero-order chi connectivity index (χ0) is 20.0. The third-order valence-electron chi connectivity index (χ3n) is 4.28. The molecule has 2 rings (SSSR count). The molecule has 0 saturated heterocycles. The van der Waals surface area contributed by atoms with E-state index in [1.54, 1.807) is 4.90 Å². The first-order valence-electron chi connectivity index (χ1n) is 8.64. The minimum Gasteiger partial charge on any atom is -0.338 e. The summed E-state index contributed by atoms with van der Waals surface area (Å²) < 4.78 is 26.4. The van der Waals surface area contributed by atoms with E-state index in [9.17, 15) is 18.0 Å². The first-order valence-corrected chi connectivity index (χ1v) is 10.1. The van der Waals surface area contributed by atoms with Gasteiger partial charge in [-0.1, -0.05) is 42.5 Å². The van der Waals surface area contributed by atoms with E-state index >= 15 is 0 Å². The summed E-state index contributed by atoms with van der Waals surface area (Å²) >= 11 is 0. The maximum Gasteiger partial charge on any atom is 0.243 e. The Bertz CT molecular complexity index is 893. The number of nitrogens with zero attached hydrogens (tertiary/aromatic N) is 2. The van der Waals surface area contributed by atoms with Crippen molar-refractivity contribution in [2.75, 3.05) is 20.1 Å². The van der Waals surface area contributed by atoms with Gasteiger partial charge in [0.05, 0.1) is 11.4 Å². The van der Waals surface area contributed by atoms with Crippen LogP contribution in [0.5, 0.6) is 0 Å². The summed E-state index contributed by atoms with van der Waals surface area (Å²) in [5.41, 5.74) is 1.42. The van der Waals surface area contributed by atoms with Gasteiger partial charge in [-0.3, -0.25) is 9.59 Å². The molecule has 0 atom stereocenters. The van der Waals surface area contributed by atoms with E-state index in [-0.39, 0.29) is 23.1 Å². The van der Waals surface area contributed by atoms with Crippen LogP contribution in [-0.2, 0) is 21.4 Å². The molecule has 2 aromatic carbocycles. The topological polar surface area (TPSA) is 74.8 Å². The van der Waals surface area contributed by atoms with E-state index in [2.05, 4.69) is 0 Å². The molecule has 0 fully saturated rings. The molecule has 27 heavy (non-hydrogen) atoms. The van der Waals surface area contributed by atoms with E-state index < -0.39 is 10.0 Å². The van der Waals surface area contributed by atoms with Crippen LogP contribution < -0.4 is 0 Å². The summed E-state index contributed by atoms with van der Waals surface area (Å²) in [6, 6.07) is 15.3. The molecule has 0 saturated carbocycles. The number of likely N-dealkylation sites (N-methyl/N-ethyl adjacent to an activating group) is 2. The smallest absolute Gasteiger partial charge is 0.243 e. The maximum atomic E-state index is 12.7. The molecule has 0 aromatic heterocycles. The maximum absolute atomic E-state index is 12.7. The van der Waals surface area contributed by atoms with Crippen molar-refractivity contribution in [1.29, 1.82) is 0 Å². The van der Waals surface area contributed by atoms with E-state index in [0.29, 0.717) is 18.7 Å². The fourth-order valence-electron chi connectivity index (χ4n) is 2.60. The molecule has 6 nitrogen and oxygen atoms in total. The lowest BCUT2D eigenvalue weighted by molar-refractivity contribution is -0.131.